The van der Waals surface area contributed by atoms with Gasteiger partial charge in [-0.1, -0.05) is 41.4 Å². The van der Waals surface area contributed by atoms with Crippen LogP contribution in [-0.4, -0.2) is 55.6 Å². The first-order chi connectivity index (χ1) is 18.7. The lowest BCUT2D eigenvalue weighted by Crippen LogP contribution is -2.46. The first-order valence-electron chi connectivity index (χ1n) is 12.4. The summed E-state index contributed by atoms with van der Waals surface area (Å²) in [6, 6.07) is 11.4. The normalized spacial score (nSPS) is 15.3. The fourth-order valence-electron chi connectivity index (χ4n) is 4.44. The second-order valence-electron chi connectivity index (χ2n) is 9.06. The number of benzene rings is 2. The van der Waals surface area contributed by atoms with Crippen LogP contribution in [0.3, 0.4) is 0 Å². The number of pyridine rings is 1. The Balaban J connectivity index is 0.00000294. The first-order valence-corrected chi connectivity index (χ1v) is 14.6. The highest BCUT2D eigenvalue weighted by atomic mass is 35.5. The average Bonchev–Trinajstić information content (AvgIpc) is 3.42. The molecule has 0 unspecified atom stereocenters. The minimum atomic E-state index is -4.10. The highest BCUT2D eigenvalue weighted by Crippen LogP contribution is 2.36. The van der Waals surface area contributed by atoms with Gasteiger partial charge in [0.05, 0.1) is 5.02 Å². The zero-order chi connectivity index (χ0) is 28.0. The number of hydrazone groups is 1. The van der Waals surface area contributed by atoms with E-state index in [2.05, 4.69) is 20.7 Å². The monoisotopic (exact) mass is 664 g/mol. The van der Waals surface area contributed by atoms with Gasteiger partial charge in [0.1, 0.15) is 35.1 Å². The fourth-order valence-corrected chi connectivity index (χ4v) is 6.97. The van der Waals surface area contributed by atoms with Crippen molar-refractivity contribution in [3.8, 4) is 5.75 Å². The lowest BCUT2D eigenvalue weighted by Gasteiger charge is -2.24. The molecule has 0 aliphatic carbocycles. The molecule has 1 aliphatic rings. The number of amides is 1. The standard InChI is InChI=1S/C26H30Cl2N6O4S.2ClH/c1-17-8-9-18-5-2-7-22(25(18)33-17)38-15-19-20(27)10-11-23(24(19)28)39(36,37)34-14-3-6-21(34)26(35)31-13-4-12-30-16-32-29;;/h2,5,7-11,16,21H,3-4,6,12-15,29H2,1H3,(H,30,32)(H,31,35);2*1H/t21-;;/m0../s1. The van der Waals surface area contributed by atoms with Crippen molar-refractivity contribution >= 4 is 81.2 Å². The Bertz CT molecular complexity index is 1490. The van der Waals surface area contributed by atoms with Crippen molar-refractivity contribution in [2.24, 2.45) is 10.9 Å². The number of carbonyl (C=O) groups is 1. The van der Waals surface area contributed by atoms with Gasteiger partial charge in [-0.3, -0.25) is 4.79 Å². The summed E-state index contributed by atoms with van der Waals surface area (Å²) in [6.45, 7) is 2.97. The molecule has 1 aliphatic heterocycles. The van der Waals surface area contributed by atoms with Crippen molar-refractivity contribution < 1.29 is 17.9 Å². The molecule has 1 amide bonds. The second-order valence-corrected chi connectivity index (χ2v) is 11.7. The number of aryl methyl sites for hydroxylation is 1. The summed E-state index contributed by atoms with van der Waals surface area (Å²) in [6.07, 6.45) is 2.95. The summed E-state index contributed by atoms with van der Waals surface area (Å²) in [4.78, 5) is 17.3. The Kier molecular flexibility index (Phi) is 13.2. The molecular weight excluding hydrogens is 634 g/mol. The molecule has 0 saturated carbocycles. The highest BCUT2D eigenvalue weighted by molar-refractivity contribution is 7.89. The van der Waals surface area contributed by atoms with Gasteiger partial charge in [0, 0.05) is 41.3 Å². The van der Waals surface area contributed by atoms with Crippen molar-refractivity contribution in [2.75, 3.05) is 19.6 Å². The second kappa shape index (κ2) is 15.6. The average molecular weight is 666 g/mol. The number of ether oxygens (including phenoxy) is 1. The number of halogens is 4. The molecule has 41 heavy (non-hydrogen) atoms. The summed E-state index contributed by atoms with van der Waals surface area (Å²) in [5.74, 6) is 5.20. The van der Waals surface area contributed by atoms with Crippen LogP contribution in [0.25, 0.3) is 10.9 Å². The number of aromatic nitrogens is 1. The third-order valence-corrected chi connectivity index (χ3v) is 9.25. The van der Waals surface area contributed by atoms with Gasteiger partial charge in [-0.2, -0.15) is 9.41 Å². The smallest absolute Gasteiger partial charge is 0.245 e. The predicted octanol–water partition coefficient (Wildman–Crippen LogP) is 4.42. The van der Waals surface area contributed by atoms with E-state index in [1.54, 1.807) is 6.07 Å². The first kappa shape index (κ1) is 34.7. The third kappa shape index (κ3) is 8.06. The van der Waals surface area contributed by atoms with E-state index in [4.69, 9.17) is 33.8 Å². The number of para-hydroxylation sites is 1. The number of fused-ring (bicyclic) bond motifs is 1. The number of hydrogen-bond acceptors (Lipinski definition) is 7. The maximum Gasteiger partial charge on any atom is 0.245 e. The Morgan fingerprint density at radius 2 is 1.98 bits per heavy atom. The van der Waals surface area contributed by atoms with Gasteiger partial charge in [-0.25, -0.2) is 13.4 Å². The van der Waals surface area contributed by atoms with Crippen LogP contribution in [0.1, 0.15) is 30.5 Å². The molecule has 1 aromatic heterocycles. The quantitative estimate of drug-likeness (QED) is 0.0906. The number of nitrogens with one attached hydrogen (secondary N) is 2. The van der Waals surface area contributed by atoms with Gasteiger partial charge >= 0.3 is 0 Å². The molecule has 15 heteroatoms. The van der Waals surface area contributed by atoms with Crippen LogP contribution in [0.5, 0.6) is 5.75 Å². The van der Waals surface area contributed by atoms with Crippen LogP contribution < -0.4 is 21.2 Å². The molecule has 0 spiro atoms. The van der Waals surface area contributed by atoms with Gasteiger partial charge in [0.2, 0.25) is 15.9 Å². The molecule has 0 bridgehead atoms. The van der Waals surface area contributed by atoms with E-state index in [9.17, 15) is 13.2 Å². The maximum absolute atomic E-state index is 13.7. The van der Waals surface area contributed by atoms with E-state index in [0.717, 1.165) is 11.1 Å². The van der Waals surface area contributed by atoms with Crippen LogP contribution >= 0.6 is 48.0 Å². The molecule has 0 radical (unpaired) electrons. The molecule has 4 rings (SSSR count). The molecule has 3 aromatic rings. The van der Waals surface area contributed by atoms with Gasteiger partial charge in [0.15, 0.2) is 0 Å². The molecule has 2 aromatic carbocycles. The topological polar surface area (TPSA) is 139 Å². The Labute approximate surface area is 261 Å². The molecule has 1 atom stereocenters. The van der Waals surface area contributed by atoms with E-state index in [1.165, 1.54) is 22.8 Å². The van der Waals surface area contributed by atoms with Crippen molar-refractivity contribution in [3.05, 3.63) is 63.8 Å². The Morgan fingerprint density at radius 3 is 2.73 bits per heavy atom. The van der Waals surface area contributed by atoms with Crippen LogP contribution in [0, 0.1) is 6.92 Å². The lowest BCUT2D eigenvalue weighted by atomic mass is 10.2. The summed E-state index contributed by atoms with van der Waals surface area (Å²) >= 11 is 13.1. The Morgan fingerprint density at radius 1 is 1.20 bits per heavy atom. The van der Waals surface area contributed by atoms with Crippen LogP contribution in [0.2, 0.25) is 10.0 Å². The molecule has 1 saturated heterocycles. The summed E-state index contributed by atoms with van der Waals surface area (Å²) in [5, 5.41) is 10.1. The molecule has 224 valence electrons. The summed E-state index contributed by atoms with van der Waals surface area (Å²) < 4.78 is 34.6. The number of sulfonamides is 1. The summed E-state index contributed by atoms with van der Waals surface area (Å²) in [5.41, 5.74) is 1.85. The van der Waals surface area contributed by atoms with Crippen LogP contribution in [-0.2, 0) is 21.4 Å². The van der Waals surface area contributed by atoms with E-state index in [1.807, 2.05) is 31.2 Å². The predicted molar refractivity (Wildman–Crippen MR) is 167 cm³/mol. The largest absolute Gasteiger partial charge is 0.487 e. The Hall–Kier alpha value is -2.54. The molecular formula is C26H32Cl4N6O4S. The van der Waals surface area contributed by atoms with Crippen molar-refractivity contribution in [2.45, 2.75) is 43.7 Å². The highest BCUT2D eigenvalue weighted by Gasteiger charge is 2.40. The van der Waals surface area contributed by atoms with E-state index < -0.39 is 16.1 Å². The molecule has 1 fully saturated rings. The number of nitrogens with zero attached hydrogens (tertiary/aromatic N) is 3. The van der Waals surface area contributed by atoms with Crippen molar-refractivity contribution in [3.63, 3.8) is 0 Å². The van der Waals surface area contributed by atoms with Crippen molar-refractivity contribution in [1.29, 1.82) is 0 Å². The lowest BCUT2D eigenvalue weighted by molar-refractivity contribution is -0.124. The van der Waals surface area contributed by atoms with Gasteiger partial charge < -0.3 is 21.2 Å². The number of rotatable bonds is 11. The fraction of sp³-hybridized carbons (Fsp3) is 0.346. The van der Waals surface area contributed by atoms with E-state index in [-0.39, 0.29) is 58.8 Å². The summed E-state index contributed by atoms with van der Waals surface area (Å²) in [7, 11) is -4.10. The van der Waals surface area contributed by atoms with Crippen LogP contribution in [0.4, 0.5) is 0 Å². The molecule has 2 heterocycles. The SMILES string of the molecule is Cc1ccc2cccc(OCc3c(Cl)ccc(S(=O)(=O)N4CCC[C@H]4C(=O)NCCCNC=NN)c3Cl)c2n1.Cl.Cl. The third-order valence-electron chi connectivity index (χ3n) is 6.40. The molecule has 4 N–H and O–H groups in total. The maximum atomic E-state index is 13.7. The zero-order valence-corrected chi connectivity index (χ0v) is 26.1. The number of hydrogen-bond donors (Lipinski definition) is 3. The minimum Gasteiger partial charge on any atom is -0.487 e. The van der Waals surface area contributed by atoms with E-state index in [0.29, 0.717) is 49.2 Å². The van der Waals surface area contributed by atoms with Crippen LogP contribution in [0.15, 0.2) is 52.5 Å². The van der Waals surface area contributed by atoms with E-state index >= 15 is 0 Å². The number of nitrogens with two attached hydrogens (primary N) is 1. The van der Waals surface area contributed by atoms with Gasteiger partial charge in [-0.15, -0.1) is 24.8 Å². The number of carbonyl (C=O) groups excluding carboxylic acids is 1. The minimum absolute atomic E-state index is 0. The van der Waals surface area contributed by atoms with Gasteiger partial charge in [0.25, 0.3) is 0 Å². The van der Waals surface area contributed by atoms with Gasteiger partial charge in [-0.05, 0) is 50.5 Å². The van der Waals surface area contributed by atoms with Crippen molar-refractivity contribution in [1.82, 2.24) is 19.9 Å². The molecule has 10 nitrogen and oxygen atoms in total. The zero-order valence-electron chi connectivity index (χ0n) is 22.2.